The van der Waals surface area contributed by atoms with Gasteiger partial charge in [-0.3, -0.25) is 9.59 Å². The van der Waals surface area contributed by atoms with Crippen LogP contribution in [0.4, 0.5) is 0 Å². The molecule has 2 saturated heterocycles. The standard InChI is InChI=1S/C14H20N2O5/c1-3-4-8-5-9(14(20)21)16-11(19)6-10(18)12(13(8)16)15-7(2)17/h3-4,8-10,12-13,18H,5-6H2,1-2H3,(H,15,17)(H,20,21)/t8?,9?,10?,12?,13-/m1/s1. The Morgan fingerprint density at radius 3 is 2.62 bits per heavy atom. The van der Waals surface area contributed by atoms with Gasteiger partial charge in [0.2, 0.25) is 11.8 Å². The fraction of sp³-hybridized carbons (Fsp3) is 0.643. The van der Waals surface area contributed by atoms with Crippen molar-refractivity contribution in [2.24, 2.45) is 5.92 Å². The highest BCUT2D eigenvalue weighted by atomic mass is 16.4. The van der Waals surface area contributed by atoms with Gasteiger partial charge in [0.05, 0.1) is 24.6 Å². The number of aliphatic hydroxyl groups is 1. The van der Waals surface area contributed by atoms with E-state index in [1.165, 1.54) is 11.8 Å². The van der Waals surface area contributed by atoms with Gasteiger partial charge in [-0.15, -0.1) is 0 Å². The van der Waals surface area contributed by atoms with Gasteiger partial charge in [-0.1, -0.05) is 12.2 Å². The van der Waals surface area contributed by atoms with E-state index in [9.17, 15) is 24.6 Å². The highest BCUT2D eigenvalue weighted by Crippen LogP contribution is 2.38. The van der Waals surface area contributed by atoms with Crippen LogP contribution in [0.3, 0.4) is 0 Å². The number of carboxylic acid groups (broad SMARTS) is 1. The van der Waals surface area contributed by atoms with Crippen LogP contribution in [0.25, 0.3) is 0 Å². The molecule has 0 aromatic carbocycles. The summed E-state index contributed by atoms with van der Waals surface area (Å²) in [5.41, 5.74) is 0. The molecule has 4 unspecified atom stereocenters. The second-order valence-corrected chi connectivity index (χ2v) is 5.57. The first-order chi connectivity index (χ1) is 9.86. The molecule has 5 atom stereocenters. The normalized spacial score (nSPS) is 35.9. The van der Waals surface area contributed by atoms with Crippen LogP contribution in [0.2, 0.25) is 0 Å². The average molecular weight is 296 g/mol. The number of allylic oxidation sites excluding steroid dienone is 1. The predicted octanol–water partition coefficient (Wildman–Crippen LogP) is -0.498. The van der Waals surface area contributed by atoms with Gasteiger partial charge < -0.3 is 20.4 Å². The van der Waals surface area contributed by atoms with E-state index in [1.807, 2.05) is 13.0 Å². The van der Waals surface area contributed by atoms with Gasteiger partial charge in [0.15, 0.2) is 0 Å². The second kappa shape index (κ2) is 5.85. The van der Waals surface area contributed by atoms with E-state index in [2.05, 4.69) is 5.32 Å². The van der Waals surface area contributed by atoms with Crippen molar-refractivity contribution >= 4 is 17.8 Å². The van der Waals surface area contributed by atoms with Crippen LogP contribution in [-0.4, -0.2) is 57.1 Å². The number of carbonyl (C=O) groups excluding carboxylic acids is 2. The first kappa shape index (κ1) is 15.5. The van der Waals surface area contributed by atoms with Crippen LogP contribution >= 0.6 is 0 Å². The molecule has 7 heteroatoms. The van der Waals surface area contributed by atoms with E-state index in [0.29, 0.717) is 6.42 Å². The molecule has 2 heterocycles. The Kier molecular flexibility index (Phi) is 4.32. The maximum atomic E-state index is 12.1. The molecule has 116 valence electrons. The van der Waals surface area contributed by atoms with Crippen LogP contribution in [0, 0.1) is 5.92 Å². The highest BCUT2D eigenvalue weighted by molar-refractivity contribution is 5.86. The summed E-state index contributed by atoms with van der Waals surface area (Å²) < 4.78 is 0. The average Bonchev–Trinajstić information content (AvgIpc) is 2.75. The summed E-state index contributed by atoms with van der Waals surface area (Å²) in [6.45, 7) is 3.15. The number of nitrogens with one attached hydrogen (secondary N) is 1. The topological polar surface area (TPSA) is 107 Å². The summed E-state index contributed by atoms with van der Waals surface area (Å²) in [6, 6.07) is -2.08. The van der Waals surface area contributed by atoms with Crippen molar-refractivity contribution in [1.29, 1.82) is 0 Å². The number of hydrogen-bond donors (Lipinski definition) is 3. The molecule has 3 N–H and O–H groups in total. The number of aliphatic hydroxyl groups excluding tert-OH is 1. The van der Waals surface area contributed by atoms with E-state index in [0.717, 1.165) is 0 Å². The largest absolute Gasteiger partial charge is 0.480 e. The fourth-order valence-corrected chi connectivity index (χ4v) is 3.42. The van der Waals surface area contributed by atoms with Gasteiger partial charge >= 0.3 is 5.97 Å². The number of amides is 2. The lowest BCUT2D eigenvalue weighted by Gasteiger charge is -2.42. The molecule has 2 rings (SSSR count). The zero-order valence-corrected chi connectivity index (χ0v) is 12.0. The number of aliphatic carboxylic acids is 1. The van der Waals surface area contributed by atoms with Gasteiger partial charge in [0.1, 0.15) is 6.04 Å². The molecule has 2 aliphatic heterocycles. The third-order valence-corrected chi connectivity index (χ3v) is 4.14. The first-order valence-corrected chi connectivity index (χ1v) is 6.98. The Hall–Kier alpha value is -1.89. The summed E-state index contributed by atoms with van der Waals surface area (Å²) in [5.74, 6) is -1.95. The molecule has 2 aliphatic rings. The summed E-state index contributed by atoms with van der Waals surface area (Å²) in [5, 5.41) is 22.1. The summed E-state index contributed by atoms with van der Waals surface area (Å²) >= 11 is 0. The molecular formula is C14H20N2O5. The second-order valence-electron chi connectivity index (χ2n) is 5.57. The lowest BCUT2D eigenvalue weighted by atomic mass is 9.86. The number of fused-ring (bicyclic) bond motifs is 1. The van der Waals surface area contributed by atoms with E-state index in [-0.39, 0.29) is 24.2 Å². The van der Waals surface area contributed by atoms with Gasteiger partial charge in [-0.2, -0.15) is 0 Å². The van der Waals surface area contributed by atoms with Crippen molar-refractivity contribution in [2.75, 3.05) is 0 Å². The minimum atomic E-state index is -1.06. The molecule has 7 nitrogen and oxygen atoms in total. The Balaban J connectivity index is 2.39. The van der Waals surface area contributed by atoms with Gasteiger partial charge in [-0.05, 0) is 13.3 Å². The van der Waals surface area contributed by atoms with E-state index < -0.39 is 30.2 Å². The van der Waals surface area contributed by atoms with E-state index in [4.69, 9.17) is 0 Å². The number of carboxylic acids is 1. The lowest BCUT2D eigenvalue weighted by molar-refractivity contribution is -0.155. The first-order valence-electron chi connectivity index (χ1n) is 6.98. The number of carbonyl (C=O) groups is 3. The molecule has 0 spiro atoms. The minimum absolute atomic E-state index is 0.173. The van der Waals surface area contributed by atoms with Crippen molar-refractivity contribution in [3.63, 3.8) is 0 Å². The lowest BCUT2D eigenvalue weighted by Crippen LogP contribution is -2.64. The Morgan fingerprint density at radius 1 is 1.43 bits per heavy atom. The minimum Gasteiger partial charge on any atom is -0.480 e. The third kappa shape index (κ3) is 2.78. The summed E-state index contributed by atoms with van der Waals surface area (Å²) in [7, 11) is 0. The fourth-order valence-electron chi connectivity index (χ4n) is 3.42. The molecule has 0 saturated carbocycles. The molecule has 0 aromatic rings. The maximum absolute atomic E-state index is 12.1. The van der Waals surface area contributed by atoms with Gasteiger partial charge in [0, 0.05) is 12.8 Å². The maximum Gasteiger partial charge on any atom is 0.326 e. The SMILES string of the molecule is CC=CC1CC(C(=O)O)N2C(=O)CC(O)C(NC(C)=O)[C@@H]12. The highest BCUT2D eigenvalue weighted by Gasteiger charge is 2.54. The zero-order chi connectivity index (χ0) is 15.7. The molecule has 0 bridgehead atoms. The van der Waals surface area contributed by atoms with Crippen molar-refractivity contribution in [2.45, 2.75) is 50.9 Å². The van der Waals surface area contributed by atoms with Crippen molar-refractivity contribution in [3.05, 3.63) is 12.2 Å². The van der Waals surface area contributed by atoms with Crippen molar-refractivity contribution in [1.82, 2.24) is 10.2 Å². The molecule has 2 amide bonds. The number of nitrogens with zero attached hydrogens (tertiary/aromatic N) is 1. The molecule has 0 aromatic heterocycles. The summed E-state index contributed by atoms with van der Waals surface area (Å²) in [6.07, 6.45) is 2.75. The monoisotopic (exact) mass is 296 g/mol. The molecular weight excluding hydrogens is 276 g/mol. The smallest absolute Gasteiger partial charge is 0.326 e. The number of hydrogen-bond acceptors (Lipinski definition) is 4. The Morgan fingerprint density at radius 2 is 2.10 bits per heavy atom. The molecule has 0 radical (unpaired) electrons. The van der Waals surface area contributed by atoms with Crippen molar-refractivity contribution in [3.8, 4) is 0 Å². The molecule has 2 fully saturated rings. The van der Waals surface area contributed by atoms with E-state index in [1.54, 1.807) is 6.08 Å². The summed E-state index contributed by atoms with van der Waals surface area (Å²) in [4.78, 5) is 36.2. The quantitative estimate of drug-likeness (QED) is 0.609. The van der Waals surface area contributed by atoms with E-state index >= 15 is 0 Å². The molecule has 0 aliphatic carbocycles. The van der Waals surface area contributed by atoms with Gasteiger partial charge in [-0.25, -0.2) is 4.79 Å². The number of piperidine rings is 1. The Labute approximate surface area is 122 Å². The van der Waals surface area contributed by atoms with Crippen LogP contribution < -0.4 is 5.32 Å². The van der Waals surface area contributed by atoms with Crippen LogP contribution in [0.15, 0.2) is 12.2 Å². The van der Waals surface area contributed by atoms with Crippen LogP contribution in [0.5, 0.6) is 0 Å². The number of rotatable bonds is 3. The van der Waals surface area contributed by atoms with Gasteiger partial charge in [0.25, 0.3) is 0 Å². The van der Waals surface area contributed by atoms with Crippen molar-refractivity contribution < 1.29 is 24.6 Å². The third-order valence-electron chi connectivity index (χ3n) is 4.14. The van der Waals surface area contributed by atoms with Crippen LogP contribution in [0.1, 0.15) is 26.7 Å². The van der Waals surface area contributed by atoms with Crippen LogP contribution in [-0.2, 0) is 14.4 Å². The zero-order valence-electron chi connectivity index (χ0n) is 12.0. The Bertz CT molecular complexity index is 490. The molecule has 21 heavy (non-hydrogen) atoms. The predicted molar refractivity (Wildman–Crippen MR) is 73.2 cm³/mol.